The van der Waals surface area contributed by atoms with Gasteiger partial charge in [0, 0.05) is 11.4 Å². The highest BCUT2D eigenvalue weighted by molar-refractivity contribution is 5.74. The predicted octanol–water partition coefficient (Wildman–Crippen LogP) is 4.89. The molecule has 0 spiro atoms. The summed E-state index contributed by atoms with van der Waals surface area (Å²) in [4.78, 5) is 7.77. The van der Waals surface area contributed by atoms with E-state index in [1.54, 1.807) is 0 Å². The standard InChI is InChI=1S/C20H17N3O/c1-2-6-15(7-3-1)21-16-10-12-17(13-11-16)24-14-20-22-18-8-4-5-9-19(18)23-20/h1-13,21H,14H2,(H,22,23). The number of anilines is 2. The Morgan fingerprint density at radius 3 is 2.29 bits per heavy atom. The smallest absolute Gasteiger partial charge is 0.146 e. The molecule has 4 nitrogen and oxygen atoms in total. The molecule has 118 valence electrons. The quantitative estimate of drug-likeness (QED) is 0.551. The number of nitrogens with zero attached hydrogens (tertiary/aromatic N) is 1. The number of nitrogens with one attached hydrogen (secondary N) is 2. The Kier molecular flexibility index (Phi) is 3.86. The molecular weight excluding hydrogens is 298 g/mol. The van der Waals surface area contributed by atoms with Crippen LogP contribution in [0, 0.1) is 0 Å². The Morgan fingerprint density at radius 2 is 1.50 bits per heavy atom. The minimum absolute atomic E-state index is 0.417. The molecule has 0 aliphatic carbocycles. The van der Waals surface area contributed by atoms with E-state index < -0.39 is 0 Å². The Hall–Kier alpha value is -3.27. The van der Waals surface area contributed by atoms with E-state index in [1.807, 2.05) is 78.9 Å². The predicted molar refractivity (Wildman–Crippen MR) is 96.6 cm³/mol. The number of aromatic amines is 1. The van der Waals surface area contributed by atoms with Gasteiger partial charge in [0.1, 0.15) is 18.2 Å². The van der Waals surface area contributed by atoms with Crippen LogP contribution in [0.1, 0.15) is 5.82 Å². The van der Waals surface area contributed by atoms with Gasteiger partial charge in [0.25, 0.3) is 0 Å². The topological polar surface area (TPSA) is 49.9 Å². The van der Waals surface area contributed by atoms with Gasteiger partial charge >= 0.3 is 0 Å². The zero-order chi connectivity index (χ0) is 16.2. The molecule has 0 amide bonds. The van der Waals surface area contributed by atoms with Gasteiger partial charge < -0.3 is 15.0 Å². The number of ether oxygens (including phenoxy) is 1. The number of hydrogen-bond donors (Lipinski definition) is 2. The molecule has 0 unspecified atom stereocenters. The molecule has 0 atom stereocenters. The Morgan fingerprint density at radius 1 is 0.792 bits per heavy atom. The number of benzene rings is 3. The van der Waals surface area contributed by atoms with E-state index in [2.05, 4.69) is 15.3 Å². The molecule has 1 heterocycles. The number of H-pyrrole nitrogens is 1. The van der Waals surface area contributed by atoms with Gasteiger partial charge in [-0.3, -0.25) is 0 Å². The zero-order valence-corrected chi connectivity index (χ0v) is 13.1. The van der Waals surface area contributed by atoms with Gasteiger partial charge in [0.05, 0.1) is 11.0 Å². The van der Waals surface area contributed by atoms with Crippen LogP contribution < -0.4 is 10.1 Å². The first-order valence-electron chi connectivity index (χ1n) is 7.85. The van der Waals surface area contributed by atoms with Crippen molar-refractivity contribution in [3.63, 3.8) is 0 Å². The van der Waals surface area contributed by atoms with Crippen molar-refractivity contribution in [1.82, 2.24) is 9.97 Å². The highest BCUT2D eigenvalue weighted by Crippen LogP contribution is 2.20. The summed E-state index contributed by atoms with van der Waals surface area (Å²) in [6, 6.07) is 26.0. The van der Waals surface area contributed by atoms with Crippen LogP contribution in [0.3, 0.4) is 0 Å². The summed E-state index contributed by atoms with van der Waals surface area (Å²) in [5, 5.41) is 3.35. The third-order valence-corrected chi connectivity index (χ3v) is 3.73. The Labute approximate surface area is 140 Å². The second-order valence-corrected chi connectivity index (χ2v) is 5.50. The van der Waals surface area contributed by atoms with Crippen molar-refractivity contribution in [3.05, 3.63) is 84.7 Å². The molecule has 0 saturated carbocycles. The number of aromatic nitrogens is 2. The second kappa shape index (κ2) is 6.46. The first-order valence-corrected chi connectivity index (χ1v) is 7.85. The van der Waals surface area contributed by atoms with E-state index in [1.165, 1.54) is 0 Å². The molecule has 0 aliphatic heterocycles. The summed E-state index contributed by atoms with van der Waals surface area (Å²) in [5.41, 5.74) is 4.07. The average molecular weight is 315 g/mol. The zero-order valence-electron chi connectivity index (χ0n) is 13.1. The maximum atomic E-state index is 5.81. The maximum Gasteiger partial charge on any atom is 0.146 e. The molecule has 0 bridgehead atoms. The summed E-state index contributed by atoms with van der Waals surface area (Å²) >= 11 is 0. The largest absolute Gasteiger partial charge is 0.486 e. The monoisotopic (exact) mass is 315 g/mol. The van der Waals surface area contributed by atoms with Crippen molar-refractivity contribution in [1.29, 1.82) is 0 Å². The molecule has 2 N–H and O–H groups in total. The molecule has 24 heavy (non-hydrogen) atoms. The SMILES string of the molecule is c1ccc(Nc2ccc(OCc3nc4ccccc4[nH]3)cc2)cc1. The summed E-state index contributed by atoms with van der Waals surface area (Å²) in [6.07, 6.45) is 0. The van der Waals surface area contributed by atoms with Crippen molar-refractivity contribution in [2.45, 2.75) is 6.61 Å². The molecule has 0 fully saturated rings. The average Bonchev–Trinajstić information content (AvgIpc) is 3.05. The molecule has 4 rings (SSSR count). The summed E-state index contributed by atoms with van der Waals surface area (Å²) < 4.78 is 5.81. The van der Waals surface area contributed by atoms with Gasteiger partial charge in [-0.2, -0.15) is 0 Å². The van der Waals surface area contributed by atoms with Gasteiger partial charge in [-0.1, -0.05) is 30.3 Å². The first kappa shape index (κ1) is 14.3. The van der Waals surface area contributed by atoms with Crippen LogP contribution in [0.25, 0.3) is 11.0 Å². The molecule has 0 radical (unpaired) electrons. The molecule has 0 saturated heterocycles. The maximum absolute atomic E-state index is 5.81. The second-order valence-electron chi connectivity index (χ2n) is 5.50. The lowest BCUT2D eigenvalue weighted by molar-refractivity contribution is 0.297. The number of fused-ring (bicyclic) bond motifs is 1. The minimum atomic E-state index is 0.417. The number of imidazole rings is 1. The minimum Gasteiger partial charge on any atom is -0.486 e. The van der Waals surface area contributed by atoms with E-state index in [9.17, 15) is 0 Å². The van der Waals surface area contributed by atoms with E-state index in [0.29, 0.717) is 6.61 Å². The van der Waals surface area contributed by atoms with Crippen LogP contribution in [-0.2, 0) is 6.61 Å². The summed E-state index contributed by atoms with van der Waals surface area (Å²) in [6.45, 7) is 0.417. The fourth-order valence-electron chi connectivity index (χ4n) is 2.55. The highest BCUT2D eigenvalue weighted by atomic mass is 16.5. The third-order valence-electron chi connectivity index (χ3n) is 3.73. The van der Waals surface area contributed by atoms with Crippen molar-refractivity contribution in [3.8, 4) is 5.75 Å². The lowest BCUT2D eigenvalue weighted by atomic mass is 10.2. The van der Waals surface area contributed by atoms with E-state index in [0.717, 1.165) is 34.0 Å². The van der Waals surface area contributed by atoms with Gasteiger partial charge in [-0.05, 0) is 48.5 Å². The molecule has 1 aromatic heterocycles. The summed E-state index contributed by atoms with van der Waals surface area (Å²) in [5.74, 6) is 1.64. The lowest BCUT2D eigenvalue weighted by Crippen LogP contribution is -1.97. The molecule has 4 heteroatoms. The molecule has 4 aromatic rings. The highest BCUT2D eigenvalue weighted by Gasteiger charge is 2.03. The van der Waals surface area contributed by atoms with E-state index in [-0.39, 0.29) is 0 Å². The first-order chi connectivity index (χ1) is 11.9. The summed E-state index contributed by atoms with van der Waals surface area (Å²) in [7, 11) is 0. The fraction of sp³-hybridized carbons (Fsp3) is 0.0500. The fourth-order valence-corrected chi connectivity index (χ4v) is 2.55. The number of hydrogen-bond acceptors (Lipinski definition) is 3. The number of rotatable bonds is 5. The molecule has 3 aromatic carbocycles. The van der Waals surface area contributed by atoms with Gasteiger partial charge in [0.2, 0.25) is 0 Å². The van der Waals surface area contributed by atoms with Crippen molar-refractivity contribution >= 4 is 22.4 Å². The van der Waals surface area contributed by atoms with Crippen LogP contribution in [0.4, 0.5) is 11.4 Å². The van der Waals surface area contributed by atoms with Crippen molar-refractivity contribution < 1.29 is 4.74 Å². The van der Waals surface area contributed by atoms with Crippen LogP contribution >= 0.6 is 0 Å². The normalized spacial score (nSPS) is 10.7. The van der Waals surface area contributed by atoms with Crippen LogP contribution in [-0.4, -0.2) is 9.97 Å². The van der Waals surface area contributed by atoms with Crippen LogP contribution in [0.2, 0.25) is 0 Å². The van der Waals surface area contributed by atoms with Crippen molar-refractivity contribution in [2.24, 2.45) is 0 Å². The van der Waals surface area contributed by atoms with Crippen LogP contribution in [0.5, 0.6) is 5.75 Å². The van der Waals surface area contributed by atoms with E-state index in [4.69, 9.17) is 4.74 Å². The molecular formula is C20H17N3O. The Balaban J connectivity index is 1.40. The number of para-hydroxylation sites is 3. The Bertz CT molecular complexity index is 897. The third kappa shape index (κ3) is 3.22. The molecule has 0 aliphatic rings. The van der Waals surface area contributed by atoms with Crippen LogP contribution in [0.15, 0.2) is 78.9 Å². The van der Waals surface area contributed by atoms with E-state index >= 15 is 0 Å². The lowest BCUT2D eigenvalue weighted by Gasteiger charge is -2.08. The van der Waals surface area contributed by atoms with Crippen molar-refractivity contribution in [2.75, 3.05) is 5.32 Å². The van der Waals surface area contributed by atoms with Gasteiger partial charge in [-0.15, -0.1) is 0 Å². The van der Waals surface area contributed by atoms with Gasteiger partial charge in [-0.25, -0.2) is 4.98 Å². The van der Waals surface area contributed by atoms with Gasteiger partial charge in [0.15, 0.2) is 0 Å².